The number of hydrogen-bond donors (Lipinski definition) is 1. The van der Waals surface area contributed by atoms with Crippen molar-refractivity contribution < 1.29 is 44.3 Å². The van der Waals surface area contributed by atoms with Crippen LogP contribution in [0.4, 0.5) is 26.3 Å². The Morgan fingerprint density at radius 3 is 2.43 bits per heavy atom. The molecule has 190 valence electrons. The van der Waals surface area contributed by atoms with Crippen LogP contribution in [-0.4, -0.2) is 54.8 Å². The summed E-state index contributed by atoms with van der Waals surface area (Å²) in [7, 11) is -4.36. The Hall–Kier alpha value is -2.87. The number of nitrogens with one attached hydrogen (secondary N) is 1. The van der Waals surface area contributed by atoms with Crippen LogP contribution in [0.1, 0.15) is 24.1 Å². The number of benzene rings is 1. The van der Waals surface area contributed by atoms with Crippen molar-refractivity contribution in [3.8, 4) is 5.75 Å². The van der Waals surface area contributed by atoms with Gasteiger partial charge in [0, 0.05) is 19.4 Å². The van der Waals surface area contributed by atoms with Crippen molar-refractivity contribution in [1.82, 2.24) is 15.2 Å². The van der Waals surface area contributed by atoms with E-state index in [4.69, 9.17) is 4.74 Å². The van der Waals surface area contributed by atoms with Crippen molar-refractivity contribution in [2.75, 3.05) is 13.1 Å². The van der Waals surface area contributed by atoms with Gasteiger partial charge in [0.2, 0.25) is 5.91 Å². The second-order valence-corrected chi connectivity index (χ2v) is 10.2. The number of alkyl halides is 6. The van der Waals surface area contributed by atoms with Crippen molar-refractivity contribution in [2.24, 2.45) is 0 Å². The largest absolute Gasteiger partial charge is 0.487 e. The van der Waals surface area contributed by atoms with E-state index >= 15 is 0 Å². The topological polar surface area (TPSA) is 88.6 Å². The number of hydrogen-bond acceptors (Lipinski definition) is 6. The Morgan fingerprint density at radius 2 is 1.80 bits per heavy atom. The first-order valence-electron chi connectivity index (χ1n) is 10.4. The maximum atomic E-state index is 13.3. The van der Waals surface area contributed by atoms with Crippen LogP contribution in [0.2, 0.25) is 0 Å². The molecule has 2 aliphatic heterocycles. The molecule has 35 heavy (non-hydrogen) atoms. The molecular formula is C21H19F6N3O4S. The molecule has 4 rings (SSSR count). The Kier molecular flexibility index (Phi) is 6.47. The average molecular weight is 523 g/mol. The first kappa shape index (κ1) is 25.2. The van der Waals surface area contributed by atoms with Gasteiger partial charge < -0.3 is 9.64 Å². The number of aromatic nitrogens is 1. The van der Waals surface area contributed by atoms with E-state index in [1.165, 1.54) is 4.90 Å². The van der Waals surface area contributed by atoms with Crippen LogP contribution < -0.4 is 10.1 Å². The lowest BCUT2D eigenvalue weighted by atomic mass is 10.2. The van der Waals surface area contributed by atoms with Gasteiger partial charge in [0.15, 0.2) is 9.84 Å². The number of halogens is 6. The summed E-state index contributed by atoms with van der Waals surface area (Å²) in [5, 5.41) is 1.36. The zero-order valence-electron chi connectivity index (χ0n) is 17.8. The second-order valence-electron chi connectivity index (χ2n) is 8.16. The quantitative estimate of drug-likeness (QED) is 0.620. The van der Waals surface area contributed by atoms with Gasteiger partial charge in [-0.05, 0) is 30.3 Å². The highest BCUT2D eigenvalue weighted by molar-refractivity contribution is 7.92. The van der Waals surface area contributed by atoms with Gasteiger partial charge in [0.05, 0.1) is 29.2 Å². The second kappa shape index (κ2) is 8.97. The number of carbonyl (C=O) groups is 1. The van der Waals surface area contributed by atoms with Gasteiger partial charge in [-0.25, -0.2) is 13.4 Å². The Labute approximate surface area is 196 Å². The van der Waals surface area contributed by atoms with Gasteiger partial charge in [-0.1, -0.05) is 6.07 Å². The SMILES string of the molecule is O=C1CCNC(S(=O)(=O)c2cccc(C(F)(F)F)c2)C2CC(Oc3ccc(C(F)(F)F)nc3)CN12. The summed E-state index contributed by atoms with van der Waals surface area (Å²) in [6.45, 7) is -0.0378. The van der Waals surface area contributed by atoms with E-state index in [1.54, 1.807) is 0 Å². The van der Waals surface area contributed by atoms with Crippen molar-refractivity contribution in [3.05, 3.63) is 53.9 Å². The third-order valence-electron chi connectivity index (χ3n) is 5.81. The van der Waals surface area contributed by atoms with E-state index in [0.29, 0.717) is 6.07 Å². The summed E-state index contributed by atoms with van der Waals surface area (Å²) < 4.78 is 110. The molecule has 2 fully saturated rings. The summed E-state index contributed by atoms with van der Waals surface area (Å²) in [6.07, 6.45) is -9.31. The summed E-state index contributed by atoms with van der Waals surface area (Å²) >= 11 is 0. The number of rotatable bonds is 4. The van der Waals surface area contributed by atoms with Crippen LogP contribution in [0.15, 0.2) is 47.5 Å². The molecule has 0 spiro atoms. The minimum Gasteiger partial charge on any atom is -0.487 e. The zero-order valence-corrected chi connectivity index (χ0v) is 18.6. The maximum Gasteiger partial charge on any atom is 0.433 e. The Balaban J connectivity index is 1.58. The van der Waals surface area contributed by atoms with Crippen LogP contribution in [0, 0.1) is 0 Å². The average Bonchev–Trinajstić information content (AvgIpc) is 3.12. The summed E-state index contributed by atoms with van der Waals surface area (Å²) in [5.74, 6) is -0.376. The third-order valence-corrected chi connectivity index (χ3v) is 7.87. The van der Waals surface area contributed by atoms with Crippen LogP contribution in [-0.2, 0) is 27.0 Å². The Bertz CT molecular complexity index is 1200. The molecule has 1 aromatic carbocycles. The summed E-state index contributed by atoms with van der Waals surface area (Å²) in [4.78, 5) is 16.6. The van der Waals surface area contributed by atoms with Gasteiger partial charge >= 0.3 is 12.4 Å². The van der Waals surface area contributed by atoms with Gasteiger partial charge in [-0.15, -0.1) is 0 Å². The van der Waals surface area contributed by atoms with E-state index in [2.05, 4.69) is 10.3 Å². The number of nitrogens with zero attached hydrogens (tertiary/aromatic N) is 2. The molecule has 0 saturated carbocycles. The smallest absolute Gasteiger partial charge is 0.433 e. The van der Waals surface area contributed by atoms with Gasteiger partial charge in [-0.2, -0.15) is 26.3 Å². The molecular weight excluding hydrogens is 504 g/mol. The molecule has 0 bridgehead atoms. The molecule has 7 nitrogen and oxygen atoms in total. The van der Waals surface area contributed by atoms with Crippen molar-refractivity contribution in [2.45, 2.75) is 47.6 Å². The van der Waals surface area contributed by atoms with Gasteiger partial charge in [-0.3, -0.25) is 10.1 Å². The lowest BCUT2D eigenvalue weighted by Crippen LogP contribution is -2.49. The van der Waals surface area contributed by atoms with Crippen LogP contribution in [0.25, 0.3) is 0 Å². The van der Waals surface area contributed by atoms with E-state index < -0.39 is 55.9 Å². The lowest BCUT2D eigenvalue weighted by Gasteiger charge is -2.28. The fourth-order valence-electron chi connectivity index (χ4n) is 4.21. The predicted octanol–water partition coefficient (Wildman–Crippen LogP) is 3.26. The third kappa shape index (κ3) is 5.22. The monoisotopic (exact) mass is 523 g/mol. The molecule has 3 atom stereocenters. The zero-order chi connectivity index (χ0) is 25.6. The number of carbonyl (C=O) groups excluding carboxylic acids is 1. The standard InChI is InChI=1S/C21H19F6N3O4S/c22-20(23,24)12-2-1-3-15(8-12)35(32,33)19-16-9-14(11-30(16)18(31)6-7-28-19)34-13-4-5-17(29-10-13)21(25,26)27/h1-5,8,10,14,16,19,28H,6-7,9,11H2. The minimum absolute atomic E-state index is 0.00152. The fourth-order valence-corrected chi connectivity index (χ4v) is 6.07. The molecule has 0 radical (unpaired) electrons. The van der Waals surface area contributed by atoms with E-state index in [-0.39, 0.29) is 37.6 Å². The van der Waals surface area contributed by atoms with E-state index in [9.17, 15) is 39.6 Å². The maximum absolute atomic E-state index is 13.3. The normalized spacial score (nSPS) is 23.7. The number of pyridine rings is 1. The summed E-state index contributed by atoms with van der Waals surface area (Å²) in [6, 6.07) is 4.19. The van der Waals surface area contributed by atoms with E-state index in [1.807, 2.05) is 0 Å². The molecule has 1 N–H and O–H groups in total. The highest BCUT2D eigenvalue weighted by Crippen LogP contribution is 2.35. The van der Waals surface area contributed by atoms with Crippen molar-refractivity contribution in [1.29, 1.82) is 0 Å². The molecule has 1 aromatic heterocycles. The predicted molar refractivity (Wildman–Crippen MR) is 109 cm³/mol. The molecule has 2 aromatic rings. The molecule has 0 aliphatic carbocycles. The van der Waals surface area contributed by atoms with Gasteiger partial charge in [0.25, 0.3) is 0 Å². The number of ether oxygens (including phenoxy) is 1. The molecule has 3 heterocycles. The number of amides is 1. The van der Waals surface area contributed by atoms with Gasteiger partial charge in [0.1, 0.15) is 22.9 Å². The van der Waals surface area contributed by atoms with E-state index in [0.717, 1.165) is 36.5 Å². The lowest BCUT2D eigenvalue weighted by molar-refractivity contribution is -0.141. The summed E-state index contributed by atoms with van der Waals surface area (Å²) in [5.41, 5.74) is -2.24. The van der Waals surface area contributed by atoms with Crippen LogP contribution >= 0.6 is 0 Å². The fraction of sp³-hybridized carbons (Fsp3) is 0.429. The molecule has 3 unspecified atom stereocenters. The number of fused-ring (bicyclic) bond motifs is 1. The van der Waals surface area contributed by atoms with Crippen molar-refractivity contribution in [3.63, 3.8) is 0 Å². The highest BCUT2D eigenvalue weighted by Gasteiger charge is 2.48. The molecule has 2 aliphatic rings. The highest BCUT2D eigenvalue weighted by atomic mass is 32.2. The first-order valence-corrected chi connectivity index (χ1v) is 12.0. The van der Waals surface area contributed by atoms with Crippen LogP contribution in [0.3, 0.4) is 0 Å². The molecule has 14 heteroatoms. The molecule has 2 saturated heterocycles. The minimum atomic E-state index is -4.74. The molecule has 1 amide bonds. The van der Waals surface area contributed by atoms with Crippen LogP contribution in [0.5, 0.6) is 5.75 Å². The van der Waals surface area contributed by atoms with Crippen molar-refractivity contribution >= 4 is 15.7 Å². The number of sulfone groups is 1. The first-order chi connectivity index (χ1) is 16.3. The Morgan fingerprint density at radius 1 is 1.06 bits per heavy atom.